The van der Waals surface area contributed by atoms with Gasteiger partial charge in [0, 0.05) is 23.2 Å². The zero-order valence-electron chi connectivity index (χ0n) is 10.3. The Hall–Kier alpha value is -1.42. The third-order valence-corrected chi connectivity index (χ3v) is 3.55. The molecule has 0 aliphatic carbocycles. The maximum atomic E-state index is 12.0. The number of nitrogens with zero attached hydrogens (tertiary/aromatic N) is 2. The van der Waals surface area contributed by atoms with Crippen LogP contribution in [0.2, 0.25) is 0 Å². The minimum absolute atomic E-state index is 0.151. The van der Waals surface area contributed by atoms with E-state index >= 15 is 0 Å². The van der Waals surface area contributed by atoms with Crippen molar-refractivity contribution < 1.29 is 4.79 Å². The average Bonchev–Trinajstić information content (AvgIpc) is 2.86. The number of thiophene rings is 1. The van der Waals surface area contributed by atoms with Crippen LogP contribution in [0.5, 0.6) is 0 Å². The second-order valence-electron chi connectivity index (χ2n) is 4.45. The van der Waals surface area contributed by atoms with E-state index in [4.69, 9.17) is 0 Å². The lowest BCUT2D eigenvalue weighted by Crippen LogP contribution is -2.06. The van der Waals surface area contributed by atoms with Crippen molar-refractivity contribution >= 4 is 17.1 Å². The van der Waals surface area contributed by atoms with Crippen LogP contribution < -0.4 is 0 Å². The van der Waals surface area contributed by atoms with Gasteiger partial charge in [0.25, 0.3) is 0 Å². The number of hydrogen-bond acceptors (Lipinski definition) is 3. The fourth-order valence-corrected chi connectivity index (χ4v) is 2.52. The van der Waals surface area contributed by atoms with Gasteiger partial charge in [-0.25, -0.2) is 0 Å². The van der Waals surface area contributed by atoms with Crippen molar-refractivity contribution in [2.75, 3.05) is 0 Å². The molecule has 0 saturated heterocycles. The van der Waals surface area contributed by atoms with Crippen molar-refractivity contribution in [3.63, 3.8) is 0 Å². The van der Waals surface area contributed by atoms with Crippen LogP contribution in [0.25, 0.3) is 0 Å². The van der Waals surface area contributed by atoms with Crippen LogP contribution in [0.4, 0.5) is 0 Å². The number of hydrogen-bond donors (Lipinski definition) is 0. The predicted octanol–water partition coefficient (Wildman–Crippen LogP) is 3.26. The number of ketones is 1. The van der Waals surface area contributed by atoms with Crippen LogP contribution in [0.1, 0.15) is 41.5 Å². The minimum Gasteiger partial charge on any atom is -0.294 e. The van der Waals surface area contributed by atoms with Gasteiger partial charge in [-0.2, -0.15) is 16.4 Å². The number of carbonyl (C=O) groups is 1. The third-order valence-electron chi connectivity index (χ3n) is 2.69. The Kier molecular flexibility index (Phi) is 3.43. The molecule has 0 fully saturated rings. The van der Waals surface area contributed by atoms with Gasteiger partial charge in [-0.15, -0.1) is 0 Å². The van der Waals surface area contributed by atoms with Crippen LogP contribution >= 0.6 is 11.3 Å². The lowest BCUT2D eigenvalue weighted by molar-refractivity contribution is 0.0991. The molecule has 0 atom stereocenters. The Bertz CT molecular complexity index is 525. The second kappa shape index (κ2) is 4.84. The van der Waals surface area contributed by atoms with Crippen molar-refractivity contribution in [1.82, 2.24) is 9.78 Å². The topological polar surface area (TPSA) is 34.9 Å². The van der Waals surface area contributed by atoms with Gasteiger partial charge >= 0.3 is 0 Å². The molecule has 0 aliphatic rings. The SMILES string of the molecule is Cc1cscc1C(=O)Cc1ccn(C(C)C)n1. The Morgan fingerprint density at radius 2 is 2.24 bits per heavy atom. The molecular weight excluding hydrogens is 232 g/mol. The molecule has 0 saturated carbocycles. The first-order valence-corrected chi connectivity index (χ1v) is 6.62. The lowest BCUT2D eigenvalue weighted by Gasteiger charge is -2.03. The van der Waals surface area contributed by atoms with E-state index in [0.29, 0.717) is 12.5 Å². The standard InChI is InChI=1S/C13H16N2OS/c1-9(2)15-5-4-11(14-15)6-13(16)12-8-17-7-10(12)3/h4-5,7-9H,6H2,1-3H3. The van der Waals surface area contributed by atoms with Gasteiger partial charge in [0.15, 0.2) is 5.78 Å². The van der Waals surface area contributed by atoms with Crippen LogP contribution in [0.15, 0.2) is 23.0 Å². The quantitative estimate of drug-likeness (QED) is 0.778. The summed E-state index contributed by atoms with van der Waals surface area (Å²) >= 11 is 1.57. The summed E-state index contributed by atoms with van der Waals surface area (Å²) in [5.74, 6) is 0.151. The highest BCUT2D eigenvalue weighted by Crippen LogP contribution is 2.16. The van der Waals surface area contributed by atoms with Gasteiger partial charge in [0.1, 0.15) is 0 Å². The number of rotatable bonds is 4. The van der Waals surface area contributed by atoms with Gasteiger partial charge < -0.3 is 0 Å². The predicted molar refractivity (Wildman–Crippen MR) is 69.7 cm³/mol. The Morgan fingerprint density at radius 1 is 1.47 bits per heavy atom. The van der Waals surface area contributed by atoms with Gasteiger partial charge in [-0.05, 0) is 37.8 Å². The molecule has 0 unspecified atom stereocenters. The summed E-state index contributed by atoms with van der Waals surface area (Å²) in [6.45, 7) is 6.11. The zero-order chi connectivity index (χ0) is 12.4. The Balaban J connectivity index is 2.11. The summed E-state index contributed by atoms with van der Waals surface area (Å²) in [6.07, 6.45) is 2.31. The normalized spacial score (nSPS) is 11.1. The van der Waals surface area contributed by atoms with Gasteiger partial charge in [0.2, 0.25) is 0 Å². The molecule has 0 bridgehead atoms. The largest absolute Gasteiger partial charge is 0.294 e. The first-order valence-electron chi connectivity index (χ1n) is 5.68. The highest BCUT2D eigenvalue weighted by Gasteiger charge is 2.12. The van der Waals surface area contributed by atoms with Crippen molar-refractivity contribution in [3.8, 4) is 0 Å². The van der Waals surface area contributed by atoms with Gasteiger partial charge in [-0.3, -0.25) is 9.48 Å². The number of Topliss-reactive ketones (excluding diaryl/α,β-unsaturated/α-hetero) is 1. The molecule has 4 heteroatoms. The second-order valence-corrected chi connectivity index (χ2v) is 5.19. The minimum atomic E-state index is 0.151. The maximum Gasteiger partial charge on any atom is 0.169 e. The maximum absolute atomic E-state index is 12.0. The molecule has 2 rings (SSSR count). The molecule has 0 aliphatic heterocycles. The summed E-state index contributed by atoms with van der Waals surface area (Å²) in [4.78, 5) is 12.0. The van der Waals surface area contributed by atoms with E-state index in [1.807, 2.05) is 34.6 Å². The van der Waals surface area contributed by atoms with Crippen LogP contribution in [0, 0.1) is 6.92 Å². The number of carbonyl (C=O) groups excluding carboxylic acids is 1. The third kappa shape index (κ3) is 2.64. The molecule has 0 N–H and O–H groups in total. The van der Waals surface area contributed by atoms with Crippen molar-refractivity contribution in [1.29, 1.82) is 0 Å². The van der Waals surface area contributed by atoms with Crippen LogP contribution in [-0.2, 0) is 6.42 Å². The van der Waals surface area contributed by atoms with E-state index < -0.39 is 0 Å². The highest BCUT2D eigenvalue weighted by atomic mass is 32.1. The molecule has 2 aromatic heterocycles. The van der Waals surface area contributed by atoms with Crippen molar-refractivity contribution in [2.45, 2.75) is 33.2 Å². The van der Waals surface area contributed by atoms with Crippen LogP contribution in [0.3, 0.4) is 0 Å². The molecule has 17 heavy (non-hydrogen) atoms. The fourth-order valence-electron chi connectivity index (χ4n) is 1.67. The van der Waals surface area contributed by atoms with E-state index in [1.54, 1.807) is 11.3 Å². The fraction of sp³-hybridized carbons (Fsp3) is 0.385. The molecule has 2 heterocycles. The zero-order valence-corrected chi connectivity index (χ0v) is 11.1. The molecule has 2 aromatic rings. The monoisotopic (exact) mass is 248 g/mol. The molecule has 0 spiro atoms. The average molecular weight is 248 g/mol. The summed E-state index contributed by atoms with van der Waals surface area (Å²) < 4.78 is 1.88. The summed E-state index contributed by atoms with van der Waals surface area (Å²) in [5, 5.41) is 8.30. The Morgan fingerprint density at radius 3 is 2.76 bits per heavy atom. The molecule has 0 radical (unpaired) electrons. The Labute approximate surface area is 105 Å². The van der Waals surface area contributed by atoms with Gasteiger partial charge in [-0.1, -0.05) is 0 Å². The van der Waals surface area contributed by atoms with Crippen LogP contribution in [-0.4, -0.2) is 15.6 Å². The van der Waals surface area contributed by atoms with E-state index in [9.17, 15) is 4.79 Å². The van der Waals surface area contributed by atoms with E-state index in [2.05, 4.69) is 18.9 Å². The summed E-state index contributed by atoms with van der Waals surface area (Å²) in [7, 11) is 0. The van der Waals surface area contributed by atoms with Crippen molar-refractivity contribution in [3.05, 3.63) is 39.8 Å². The summed E-state index contributed by atoms with van der Waals surface area (Å²) in [6, 6.07) is 2.25. The number of aromatic nitrogens is 2. The molecule has 3 nitrogen and oxygen atoms in total. The lowest BCUT2D eigenvalue weighted by atomic mass is 10.1. The number of aryl methyl sites for hydroxylation is 1. The molecule has 0 aromatic carbocycles. The van der Waals surface area contributed by atoms with E-state index in [0.717, 1.165) is 16.8 Å². The molecular formula is C13H16N2OS. The van der Waals surface area contributed by atoms with E-state index in [-0.39, 0.29) is 5.78 Å². The summed E-state index contributed by atoms with van der Waals surface area (Å²) in [5.41, 5.74) is 2.73. The highest BCUT2D eigenvalue weighted by molar-refractivity contribution is 7.08. The molecule has 0 amide bonds. The van der Waals surface area contributed by atoms with E-state index in [1.165, 1.54) is 0 Å². The van der Waals surface area contributed by atoms with Gasteiger partial charge in [0.05, 0.1) is 12.1 Å². The smallest absolute Gasteiger partial charge is 0.169 e. The first-order chi connectivity index (χ1) is 8.08. The first kappa shape index (κ1) is 12.0. The molecule has 90 valence electrons. The van der Waals surface area contributed by atoms with Crippen molar-refractivity contribution in [2.24, 2.45) is 0 Å².